The van der Waals surface area contributed by atoms with E-state index in [9.17, 15) is 0 Å². The third kappa shape index (κ3) is 4.02. The Bertz CT molecular complexity index is 781. The van der Waals surface area contributed by atoms with Crippen molar-refractivity contribution in [2.24, 2.45) is 0 Å². The highest BCUT2D eigenvalue weighted by atomic mass is 15.1. The van der Waals surface area contributed by atoms with E-state index in [0.29, 0.717) is 12.1 Å². The Hall–Kier alpha value is -2.89. The molecule has 134 valence electrons. The number of hydrogen-bond donors (Lipinski definition) is 2. The van der Waals surface area contributed by atoms with Crippen LogP contribution in [0.4, 0.5) is 17.3 Å². The van der Waals surface area contributed by atoms with Gasteiger partial charge in [0, 0.05) is 24.8 Å². The van der Waals surface area contributed by atoms with Gasteiger partial charge in [-0.25, -0.2) is 9.97 Å². The first-order valence-corrected chi connectivity index (χ1v) is 9.14. The van der Waals surface area contributed by atoms with E-state index in [1.54, 1.807) is 12.4 Å². The first-order chi connectivity index (χ1) is 12.8. The van der Waals surface area contributed by atoms with Crippen LogP contribution in [0.25, 0.3) is 0 Å². The number of pyridine rings is 1. The molecule has 1 aliphatic carbocycles. The number of aromatic nitrogens is 3. The van der Waals surface area contributed by atoms with Crippen molar-refractivity contribution in [3.8, 4) is 0 Å². The second-order valence-electron chi connectivity index (χ2n) is 6.86. The van der Waals surface area contributed by atoms with Gasteiger partial charge in [0.1, 0.15) is 11.6 Å². The van der Waals surface area contributed by atoms with Crippen LogP contribution in [0, 0.1) is 6.92 Å². The summed E-state index contributed by atoms with van der Waals surface area (Å²) in [6.45, 7) is 2.84. The van der Waals surface area contributed by atoms with Crippen LogP contribution in [-0.4, -0.2) is 33.6 Å². The summed E-state index contributed by atoms with van der Waals surface area (Å²) < 4.78 is 0. The molecule has 4 rings (SSSR count). The van der Waals surface area contributed by atoms with Gasteiger partial charge in [-0.3, -0.25) is 4.98 Å². The van der Waals surface area contributed by atoms with Crippen LogP contribution in [0.3, 0.4) is 0 Å². The maximum atomic E-state index is 4.58. The molecule has 0 bridgehead atoms. The Morgan fingerprint density at radius 2 is 1.73 bits per heavy atom. The quantitative estimate of drug-likeness (QED) is 0.862. The van der Waals surface area contributed by atoms with Crippen molar-refractivity contribution >= 4 is 17.3 Å². The minimum absolute atomic E-state index is 0.425. The molecule has 0 amide bonds. The van der Waals surface area contributed by atoms with Crippen molar-refractivity contribution in [2.75, 3.05) is 22.1 Å². The van der Waals surface area contributed by atoms with Crippen molar-refractivity contribution < 1.29 is 0 Å². The molecule has 2 atom stereocenters. The van der Waals surface area contributed by atoms with Crippen LogP contribution in [0.15, 0.2) is 55.2 Å². The molecular formula is C20H24N6. The van der Waals surface area contributed by atoms with Crippen molar-refractivity contribution in [1.29, 1.82) is 0 Å². The van der Waals surface area contributed by atoms with Crippen molar-refractivity contribution in [3.63, 3.8) is 0 Å². The molecule has 1 saturated carbocycles. The van der Waals surface area contributed by atoms with Gasteiger partial charge in [0.05, 0.1) is 30.0 Å². The molecule has 1 fully saturated rings. The van der Waals surface area contributed by atoms with Gasteiger partial charge in [0.2, 0.25) is 0 Å². The lowest BCUT2D eigenvalue weighted by molar-refractivity contribution is 0.719. The van der Waals surface area contributed by atoms with E-state index in [1.165, 1.54) is 0 Å². The predicted octanol–water partition coefficient (Wildman–Crippen LogP) is 3.52. The van der Waals surface area contributed by atoms with Crippen LogP contribution in [0.2, 0.25) is 0 Å². The molecule has 26 heavy (non-hydrogen) atoms. The molecule has 6 nitrogen and oxygen atoms in total. The molecule has 2 aromatic rings. The van der Waals surface area contributed by atoms with E-state index < -0.39 is 0 Å². The van der Waals surface area contributed by atoms with Gasteiger partial charge < -0.3 is 15.5 Å². The van der Waals surface area contributed by atoms with Crippen LogP contribution < -0.4 is 15.5 Å². The molecule has 1 aliphatic heterocycles. The highest BCUT2D eigenvalue weighted by Gasteiger charge is 2.25. The van der Waals surface area contributed by atoms with Gasteiger partial charge in [-0.15, -0.1) is 0 Å². The van der Waals surface area contributed by atoms with Gasteiger partial charge in [-0.2, -0.15) is 0 Å². The first kappa shape index (κ1) is 16.6. The lowest BCUT2D eigenvalue weighted by Gasteiger charge is -2.21. The average Bonchev–Trinajstić information content (AvgIpc) is 3.12. The molecular weight excluding hydrogens is 324 g/mol. The molecule has 6 heteroatoms. The predicted molar refractivity (Wildman–Crippen MR) is 105 cm³/mol. The number of nitrogens with one attached hydrogen (secondary N) is 2. The summed E-state index contributed by atoms with van der Waals surface area (Å²) in [5, 5.41) is 7.04. The van der Waals surface area contributed by atoms with E-state index >= 15 is 0 Å². The van der Waals surface area contributed by atoms with Gasteiger partial charge in [-0.1, -0.05) is 12.2 Å². The summed E-state index contributed by atoms with van der Waals surface area (Å²) >= 11 is 0. The summed E-state index contributed by atoms with van der Waals surface area (Å²) in [7, 11) is 0. The summed E-state index contributed by atoms with van der Waals surface area (Å²) in [6, 6.07) is 5.04. The van der Waals surface area contributed by atoms with Gasteiger partial charge in [0.25, 0.3) is 0 Å². The number of allylic oxidation sites excluding steroid dienone is 2. The Kier molecular flexibility index (Phi) is 4.82. The third-order valence-corrected chi connectivity index (χ3v) is 4.81. The molecule has 2 aliphatic rings. The van der Waals surface area contributed by atoms with Crippen LogP contribution in [-0.2, 0) is 0 Å². The minimum atomic E-state index is 0.425. The standard InChI is InChI=1S/C20H24N6/c1-15-12-22-20(14-21-15)25-17-6-5-16(11-17)24-19-8-7-18(13-23-19)26-9-3-2-4-10-26/h2-4,7-9,12-14,16-17H,5-6,10-11H2,1H3,(H,22,25)(H,23,24)/t16-,17-/m0/s1. The monoisotopic (exact) mass is 348 g/mol. The fourth-order valence-electron chi connectivity index (χ4n) is 3.43. The Morgan fingerprint density at radius 1 is 0.923 bits per heavy atom. The fraction of sp³-hybridized carbons (Fsp3) is 0.350. The zero-order chi connectivity index (χ0) is 17.8. The molecule has 3 heterocycles. The van der Waals surface area contributed by atoms with E-state index in [1.807, 2.05) is 19.2 Å². The van der Waals surface area contributed by atoms with Crippen molar-refractivity contribution in [1.82, 2.24) is 15.0 Å². The summed E-state index contributed by atoms with van der Waals surface area (Å²) in [6.07, 6.45) is 17.1. The largest absolute Gasteiger partial charge is 0.367 e. The van der Waals surface area contributed by atoms with E-state index in [-0.39, 0.29) is 0 Å². The lowest BCUT2D eigenvalue weighted by atomic mass is 10.2. The molecule has 2 N–H and O–H groups in total. The van der Waals surface area contributed by atoms with Crippen molar-refractivity contribution in [3.05, 3.63) is 60.8 Å². The lowest BCUT2D eigenvalue weighted by Crippen LogP contribution is -2.22. The Balaban J connectivity index is 1.30. The fourth-order valence-corrected chi connectivity index (χ4v) is 3.43. The second kappa shape index (κ2) is 7.56. The van der Waals surface area contributed by atoms with Gasteiger partial charge >= 0.3 is 0 Å². The summed E-state index contributed by atoms with van der Waals surface area (Å²) in [5.41, 5.74) is 2.05. The molecule has 0 aromatic carbocycles. The SMILES string of the molecule is Cc1cnc(N[C@H]2CC[C@H](Nc3ccc(N4C=CC=CC4)cn3)C2)cn1. The number of nitrogens with zero attached hydrogens (tertiary/aromatic N) is 4. The minimum Gasteiger partial charge on any atom is -0.367 e. The van der Waals surface area contributed by atoms with Crippen molar-refractivity contribution in [2.45, 2.75) is 38.3 Å². The van der Waals surface area contributed by atoms with E-state index in [4.69, 9.17) is 0 Å². The van der Waals surface area contributed by atoms with Crippen LogP contribution >= 0.6 is 0 Å². The topological polar surface area (TPSA) is 66.0 Å². The normalized spacial score (nSPS) is 21.8. The molecule has 2 aromatic heterocycles. The van der Waals surface area contributed by atoms with Crippen LogP contribution in [0.1, 0.15) is 25.0 Å². The number of hydrogen-bond acceptors (Lipinski definition) is 6. The zero-order valence-electron chi connectivity index (χ0n) is 15.0. The zero-order valence-corrected chi connectivity index (χ0v) is 15.0. The van der Waals surface area contributed by atoms with E-state index in [0.717, 1.165) is 48.8 Å². The number of anilines is 3. The highest BCUT2D eigenvalue weighted by Crippen LogP contribution is 2.25. The molecule has 0 spiro atoms. The maximum absolute atomic E-state index is 4.58. The number of aryl methyl sites for hydroxylation is 1. The molecule has 0 saturated heterocycles. The number of rotatable bonds is 5. The Labute approximate surface area is 154 Å². The summed E-state index contributed by atoms with van der Waals surface area (Å²) in [5.74, 6) is 1.79. The maximum Gasteiger partial charge on any atom is 0.144 e. The smallest absolute Gasteiger partial charge is 0.144 e. The highest BCUT2D eigenvalue weighted by molar-refractivity contribution is 5.53. The molecule has 0 unspecified atom stereocenters. The second-order valence-corrected chi connectivity index (χ2v) is 6.86. The van der Waals surface area contributed by atoms with E-state index in [2.05, 4.69) is 61.0 Å². The van der Waals surface area contributed by atoms with Gasteiger partial charge in [-0.05, 0) is 44.4 Å². The third-order valence-electron chi connectivity index (χ3n) is 4.81. The van der Waals surface area contributed by atoms with Gasteiger partial charge in [0.15, 0.2) is 0 Å². The Morgan fingerprint density at radius 3 is 2.38 bits per heavy atom. The first-order valence-electron chi connectivity index (χ1n) is 9.14. The van der Waals surface area contributed by atoms with Crippen LogP contribution in [0.5, 0.6) is 0 Å². The average molecular weight is 348 g/mol. The molecule has 0 radical (unpaired) electrons. The summed E-state index contributed by atoms with van der Waals surface area (Å²) in [4.78, 5) is 15.4.